The van der Waals surface area contributed by atoms with Crippen molar-refractivity contribution in [2.45, 2.75) is 34.3 Å². The van der Waals surface area contributed by atoms with E-state index in [-0.39, 0.29) is 0 Å². The molecule has 0 aromatic rings. The quantitative estimate of drug-likeness (QED) is 0.563. The Balaban J connectivity index is 0. The lowest BCUT2D eigenvalue weighted by atomic mass is 10.4. The zero-order chi connectivity index (χ0) is 11.3. The Hall–Kier alpha value is 1.50. The average molecular weight is 341 g/mol. The maximum absolute atomic E-state index is 11.6. The van der Waals surface area contributed by atoms with Crippen LogP contribution in [0.3, 0.4) is 0 Å². The molecule has 0 N–H and O–H groups in total. The van der Waals surface area contributed by atoms with Crippen molar-refractivity contribution < 1.29 is 8.78 Å². The minimum absolute atomic E-state index is 0.697. The molecule has 7 heteroatoms. The van der Waals surface area contributed by atoms with Gasteiger partial charge >= 0.3 is 5.38 Å². The summed E-state index contributed by atoms with van der Waals surface area (Å²) in [4.78, 5) is 0.697. The number of hydrogen-bond acceptors (Lipinski definition) is 0. The fourth-order valence-electron chi connectivity index (χ4n) is 0. The molecule has 0 saturated carbocycles. The van der Waals surface area contributed by atoms with Gasteiger partial charge in [-0.1, -0.05) is 64.6 Å². The molecule has 0 fully saturated rings. The van der Waals surface area contributed by atoms with Crippen LogP contribution >= 0.6 is 62.3 Å². The molecule has 0 aliphatic carbocycles. The van der Waals surface area contributed by atoms with Gasteiger partial charge in [-0.2, -0.15) is 8.78 Å². The lowest BCUT2D eigenvalue weighted by Gasteiger charge is -2.15. The predicted octanol–water partition coefficient (Wildman–Crippen LogP) is 5.37. The van der Waals surface area contributed by atoms with Crippen LogP contribution < -0.4 is 0 Å². The van der Waals surface area contributed by atoms with E-state index in [0.29, 0.717) is 4.83 Å². The van der Waals surface area contributed by atoms with Crippen LogP contribution in [0.5, 0.6) is 0 Å². The van der Waals surface area contributed by atoms with Crippen molar-refractivity contribution in [3.05, 3.63) is 0 Å². The molecule has 0 aromatic heterocycles. The summed E-state index contributed by atoms with van der Waals surface area (Å²) in [6, 6.07) is 0. The zero-order valence-electron chi connectivity index (χ0n) is 6.93. The first-order valence-corrected chi connectivity index (χ1v) is 5.72. The van der Waals surface area contributed by atoms with Crippen LogP contribution in [0.25, 0.3) is 0 Å². The summed E-state index contributed by atoms with van der Waals surface area (Å²) >= 11 is 21.6. The molecular formula is C6H9BrCl4F2. The third kappa shape index (κ3) is 11.4. The van der Waals surface area contributed by atoms with Crippen LogP contribution in [0.1, 0.15) is 20.3 Å². The molecule has 0 aliphatic heterocycles. The maximum Gasteiger partial charge on any atom is 0.368 e. The van der Waals surface area contributed by atoms with Crippen LogP contribution in [0.2, 0.25) is 0 Å². The van der Waals surface area contributed by atoms with Crippen molar-refractivity contribution in [2.75, 3.05) is 0 Å². The summed E-state index contributed by atoms with van der Waals surface area (Å²) in [5.41, 5.74) is 0. The standard InChI is InChI=1S/C4H9Br.C2Cl4F2/c1-3-4(2)5;3-1(4,5)2(6,7)8/h4H,3H2,1-2H3;. The molecule has 0 saturated heterocycles. The fraction of sp³-hybridized carbons (Fsp3) is 1.00. The molecule has 1 atom stereocenters. The Bertz CT molecular complexity index is 118. The average Bonchev–Trinajstić information content (AvgIpc) is 1.84. The van der Waals surface area contributed by atoms with Gasteiger partial charge in [-0.3, -0.25) is 0 Å². The number of alkyl halides is 7. The van der Waals surface area contributed by atoms with Crippen molar-refractivity contribution in [3.63, 3.8) is 0 Å². The topological polar surface area (TPSA) is 0 Å². The third-order valence-electron chi connectivity index (χ3n) is 0.884. The Morgan fingerprint density at radius 3 is 1.38 bits per heavy atom. The molecule has 0 amide bonds. The smallest absolute Gasteiger partial charge is 0.183 e. The molecule has 82 valence electrons. The monoisotopic (exact) mass is 338 g/mol. The molecule has 0 aromatic carbocycles. The summed E-state index contributed by atoms with van der Waals surface area (Å²) < 4.78 is 20.5. The van der Waals surface area contributed by atoms with Crippen molar-refractivity contribution in [3.8, 4) is 0 Å². The summed E-state index contributed by atoms with van der Waals surface area (Å²) in [6.45, 7) is 4.29. The summed E-state index contributed by atoms with van der Waals surface area (Å²) in [5, 5.41) is -3.79. The van der Waals surface area contributed by atoms with Crippen molar-refractivity contribution in [2.24, 2.45) is 0 Å². The van der Waals surface area contributed by atoms with Crippen LogP contribution in [-0.2, 0) is 0 Å². The van der Waals surface area contributed by atoms with Gasteiger partial charge in [-0.05, 0) is 18.0 Å². The van der Waals surface area contributed by atoms with Crippen molar-refractivity contribution >= 4 is 62.3 Å². The second kappa shape index (κ2) is 6.89. The molecule has 0 rings (SSSR count). The lowest BCUT2D eigenvalue weighted by Crippen LogP contribution is -2.26. The minimum atomic E-state index is -3.79. The van der Waals surface area contributed by atoms with Crippen LogP contribution in [0.4, 0.5) is 8.78 Å². The van der Waals surface area contributed by atoms with E-state index >= 15 is 0 Å². The lowest BCUT2D eigenvalue weighted by molar-refractivity contribution is 0.101. The second-order valence-electron chi connectivity index (χ2n) is 2.18. The molecule has 0 bridgehead atoms. The van der Waals surface area contributed by atoms with Gasteiger partial charge in [0.2, 0.25) is 0 Å². The highest BCUT2D eigenvalue weighted by Gasteiger charge is 2.48. The summed E-state index contributed by atoms with van der Waals surface area (Å²) in [7, 11) is 0. The normalized spacial score (nSPS) is 14.5. The Labute approximate surface area is 105 Å². The van der Waals surface area contributed by atoms with Gasteiger partial charge in [0, 0.05) is 4.83 Å². The van der Waals surface area contributed by atoms with Crippen LogP contribution in [0, 0.1) is 0 Å². The van der Waals surface area contributed by atoms with E-state index in [1.165, 1.54) is 6.42 Å². The van der Waals surface area contributed by atoms with Gasteiger partial charge in [0.15, 0.2) is 0 Å². The molecule has 0 spiro atoms. The van der Waals surface area contributed by atoms with Crippen LogP contribution in [0.15, 0.2) is 0 Å². The number of halogens is 7. The van der Waals surface area contributed by atoms with E-state index in [4.69, 9.17) is 0 Å². The molecule has 0 radical (unpaired) electrons. The van der Waals surface area contributed by atoms with Gasteiger partial charge in [-0.15, -0.1) is 0 Å². The highest BCUT2D eigenvalue weighted by atomic mass is 79.9. The highest BCUT2D eigenvalue weighted by molar-refractivity contribution is 9.09. The SMILES string of the molecule is CCC(C)Br.FC(F)(Cl)C(Cl)(Cl)Cl. The van der Waals surface area contributed by atoms with E-state index in [1.807, 2.05) is 0 Å². The second-order valence-corrected chi connectivity index (χ2v) is 6.50. The Morgan fingerprint density at radius 1 is 1.23 bits per heavy atom. The van der Waals surface area contributed by atoms with E-state index in [1.54, 1.807) is 0 Å². The van der Waals surface area contributed by atoms with Gasteiger partial charge in [0.05, 0.1) is 0 Å². The van der Waals surface area contributed by atoms with E-state index in [9.17, 15) is 8.78 Å². The van der Waals surface area contributed by atoms with Crippen molar-refractivity contribution in [1.29, 1.82) is 0 Å². The number of rotatable bonds is 1. The van der Waals surface area contributed by atoms with Gasteiger partial charge in [0.25, 0.3) is 3.79 Å². The predicted molar refractivity (Wildman–Crippen MR) is 59.8 cm³/mol. The minimum Gasteiger partial charge on any atom is -0.183 e. The molecular weight excluding hydrogens is 332 g/mol. The fourth-order valence-corrected chi connectivity index (χ4v) is 0. The van der Waals surface area contributed by atoms with Crippen LogP contribution in [-0.4, -0.2) is 14.0 Å². The largest absolute Gasteiger partial charge is 0.368 e. The first kappa shape index (κ1) is 16.9. The molecule has 1 unspecified atom stereocenters. The van der Waals surface area contributed by atoms with Gasteiger partial charge in [-0.25, -0.2) is 0 Å². The van der Waals surface area contributed by atoms with E-state index < -0.39 is 9.17 Å². The maximum atomic E-state index is 11.6. The highest BCUT2D eigenvalue weighted by Crippen LogP contribution is 2.44. The first-order chi connectivity index (χ1) is 5.52. The van der Waals surface area contributed by atoms with Gasteiger partial charge < -0.3 is 0 Å². The Morgan fingerprint density at radius 2 is 1.38 bits per heavy atom. The third-order valence-corrected chi connectivity index (χ3v) is 2.82. The molecule has 0 heterocycles. The first-order valence-electron chi connectivity index (χ1n) is 3.29. The summed E-state index contributed by atoms with van der Waals surface area (Å²) in [6.07, 6.45) is 1.22. The Kier molecular flexibility index (Phi) is 8.96. The molecule has 0 nitrogen and oxygen atoms in total. The molecule has 13 heavy (non-hydrogen) atoms. The van der Waals surface area contributed by atoms with E-state index in [0.717, 1.165) is 0 Å². The van der Waals surface area contributed by atoms with Crippen molar-refractivity contribution in [1.82, 2.24) is 0 Å². The van der Waals surface area contributed by atoms with E-state index in [2.05, 4.69) is 76.2 Å². The summed E-state index contributed by atoms with van der Waals surface area (Å²) in [5.74, 6) is 0. The van der Waals surface area contributed by atoms with Gasteiger partial charge in [0.1, 0.15) is 0 Å². The zero-order valence-corrected chi connectivity index (χ0v) is 11.5. The molecule has 0 aliphatic rings. The number of hydrogen-bond donors (Lipinski definition) is 0.